The average molecular weight is 624 g/mol. The third kappa shape index (κ3) is 8.45. The lowest BCUT2D eigenvalue weighted by atomic mass is 10.1. The summed E-state index contributed by atoms with van der Waals surface area (Å²) in [4.78, 5) is 40.5. The third-order valence-corrected chi connectivity index (χ3v) is 8.38. The van der Waals surface area contributed by atoms with Crippen LogP contribution < -0.4 is 16.0 Å². The topological polar surface area (TPSA) is 87.3 Å². The van der Waals surface area contributed by atoms with Gasteiger partial charge in [-0.15, -0.1) is 11.8 Å². The number of rotatable bonds is 10. The first kappa shape index (κ1) is 29.8. The van der Waals surface area contributed by atoms with Gasteiger partial charge in [0, 0.05) is 26.9 Å². The van der Waals surface area contributed by atoms with Crippen molar-refractivity contribution in [3.05, 3.63) is 153 Å². The predicted octanol–water partition coefficient (Wildman–Crippen LogP) is 8.28. The minimum Gasteiger partial charge on any atom is -0.325 e. The molecule has 1 heterocycles. The number of thioether (sulfide) groups is 1. The van der Waals surface area contributed by atoms with Gasteiger partial charge in [-0.05, 0) is 88.6 Å². The van der Waals surface area contributed by atoms with Gasteiger partial charge in [-0.2, -0.15) is 11.3 Å². The Balaban J connectivity index is 1.35. The summed E-state index contributed by atoms with van der Waals surface area (Å²) >= 11 is 8.85. The highest BCUT2D eigenvalue weighted by atomic mass is 35.5. The van der Waals surface area contributed by atoms with Gasteiger partial charge in [-0.1, -0.05) is 66.2 Å². The Bertz CT molecular complexity index is 1730. The number of anilines is 2. The zero-order valence-electron chi connectivity index (χ0n) is 22.7. The van der Waals surface area contributed by atoms with Gasteiger partial charge in [0.2, 0.25) is 5.91 Å². The lowest BCUT2D eigenvalue weighted by molar-refractivity contribution is -0.116. The second kappa shape index (κ2) is 14.5. The summed E-state index contributed by atoms with van der Waals surface area (Å²) in [5.74, 6) is -1.06. The van der Waals surface area contributed by atoms with E-state index >= 15 is 0 Å². The zero-order chi connectivity index (χ0) is 30.0. The molecule has 0 saturated heterocycles. The van der Waals surface area contributed by atoms with Crippen LogP contribution in [0.25, 0.3) is 6.08 Å². The van der Waals surface area contributed by atoms with E-state index < -0.39 is 11.2 Å². The number of hydrogen-bond donors (Lipinski definition) is 3. The van der Waals surface area contributed by atoms with E-state index in [0.29, 0.717) is 22.0 Å². The van der Waals surface area contributed by atoms with E-state index in [1.165, 1.54) is 23.1 Å². The van der Waals surface area contributed by atoms with Crippen LogP contribution in [0, 0.1) is 0 Å². The number of nitrogens with one attached hydrogen (secondary N) is 3. The Hall–Kier alpha value is -4.63. The van der Waals surface area contributed by atoms with Crippen molar-refractivity contribution < 1.29 is 14.4 Å². The smallest absolute Gasteiger partial charge is 0.272 e. The van der Waals surface area contributed by atoms with Crippen molar-refractivity contribution in [2.75, 3.05) is 10.6 Å². The van der Waals surface area contributed by atoms with Gasteiger partial charge < -0.3 is 16.0 Å². The van der Waals surface area contributed by atoms with Crippen LogP contribution in [0.3, 0.4) is 0 Å². The summed E-state index contributed by atoms with van der Waals surface area (Å²) in [5, 5.41) is 12.4. The number of amides is 3. The molecule has 5 aromatic rings. The molecule has 0 aliphatic carbocycles. The number of hydrogen-bond acceptors (Lipinski definition) is 5. The Morgan fingerprint density at radius 3 is 2.19 bits per heavy atom. The molecule has 6 nitrogen and oxygen atoms in total. The fraction of sp³-hybridized carbons (Fsp3) is 0.0294. The molecule has 1 aromatic heterocycles. The number of benzene rings is 4. The minimum absolute atomic E-state index is 0.106. The van der Waals surface area contributed by atoms with Gasteiger partial charge >= 0.3 is 0 Å². The molecule has 4 aromatic carbocycles. The Morgan fingerprint density at radius 1 is 0.767 bits per heavy atom. The first-order chi connectivity index (χ1) is 20.9. The molecule has 0 aliphatic rings. The molecular weight excluding hydrogens is 598 g/mol. The van der Waals surface area contributed by atoms with E-state index in [-0.39, 0.29) is 17.5 Å². The molecule has 1 atom stereocenters. The standard InChI is InChI=1S/C34H26ClN3O3S2/c35-26-14-16-27(17-15-26)36-34(41)31(24-8-3-1-4-9-24)43-29-13-7-12-28(21-29)37-33(40)30(20-23-18-19-42-22-23)38-32(39)25-10-5-2-6-11-25/h1-22,31H,(H,36,41)(H,37,40)(H,38,39)/b30-20-. The Labute approximate surface area is 262 Å². The van der Waals surface area contributed by atoms with Crippen LogP contribution in [0.15, 0.2) is 137 Å². The summed E-state index contributed by atoms with van der Waals surface area (Å²) in [7, 11) is 0. The van der Waals surface area contributed by atoms with E-state index in [9.17, 15) is 14.4 Å². The maximum Gasteiger partial charge on any atom is 0.272 e. The molecule has 43 heavy (non-hydrogen) atoms. The van der Waals surface area contributed by atoms with Crippen molar-refractivity contribution in [2.45, 2.75) is 10.1 Å². The number of halogens is 1. The summed E-state index contributed by atoms with van der Waals surface area (Å²) in [6, 6.07) is 34.2. The van der Waals surface area contributed by atoms with Crippen LogP contribution in [0.4, 0.5) is 11.4 Å². The third-order valence-electron chi connectivity index (χ3n) is 6.18. The molecule has 0 aliphatic heterocycles. The molecule has 0 spiro atoms. The van der Waals surface area contributed by atoms with E-state index in [1.54, 1.807) is 66.7 Å². The second-order valence-corrected chi connectivity index (χ2v) is 11.7. The fourth-order valence-corrected chi connectivity index (χ4v) is 5.92. The lowest BCUT2D eigenvalue weighted by Gasteiger charge is -2.18. The van der Waals surface area contributed by atoms with Gasteiger partial charge in [0.25, 0.3) is 11.8 Å². The highest BCUT2D eigenvalue weighted by Crippen LogP contribution is 2.37. The monoisotopic (exact) mass is 623 g/mol. The average Bonchev–Trinajstić information content (AvgIpc) is 3.55. The van der Waals surface area contributed by atoms with Crippen molar-refractivity contribution in [1.82, 2.24) is 5.32 Å². The summed E-state index contributed by atoms with van der Waals surface area (Å²) < 4.78 is 0. The van der Waals surface area contributed by atoms with Crippen molar-refractivity contribution in [3.63, 3.8) is 0 Å². The van der Waals surface area contributed by atoms with Crippen molar-refractivity contribution in [2.24, 2.45) is 0 Å². The van der Waals surface area contributed by atoms with Crippen molar-refractivity contribution >= 4 is 69.9 Å². The van der Waals surface area contributed by atoms with Gasteiger partial charge in [0.1, 0.15) is 10.9 Å². The molecular formula is C34H26ClN3O3S2. The Morgan fingerprint density at radius 2 is 1.49 bits per heavy atom. The molecule has 3 amide bonds. The molecule has 0 saturated carbocycles. The highest BCUT2D eigenvalue weighted by molar-refractivity contribution is 8.00. The van der Waals surface area contributed by atoms with Gasteiger partial charge in [-0.3, -0.25) is 14.4 Å². The van der Waals surface area contributed by atoms with Gasteiger partial charge in [-0.25, -0.2) is 0 Å². The largest absolute Gasteiger partial charge is 0.325 e. The Kier molecular flexibility index (Phi) is 10.1. The van der Waals surface area contributed by atoms with Gasteiger partial charge in [0.05, 0.1) is 0 Å². The highest BCUT2D eigenvalue weighted by Gasteiger charge is 2.23. The van der Waals surface area contributed by atoms with Crippen LogP contribution >= 0.6 is 34.7 Å². The van der Waals surface area contributed by atoms with E-state index in [4.69, 9.17) is 11.6 Å². The van der Waals surface area contributed by atoms with Crippen LogP contribution in [-0.4, -0.2) is 17.7 Å². The van der Waals surface area contributed by atoms with Crippen LogP contribution in [-0.2, 0) is 9.59 Å². The maximum atomic E-state index is 13.4. The second-order valence-electron chi connectivity index (χ2n) is 9.32. The van der Waals surface area contributed by atoms with E-state index in [2.05, 4.69) is 16.0 Å². The number of carbonyl (C=O) groups excluding carboxylic acids is 3. The van der Waals surface area contributed by atoms with E-state index in [0.717, 1.165) is 16.0 Å². The fourth-order valence-electron chi connectivity index (χ4n) is 4.09. The number of carbonyl (C=O) groups is 3. The summed E-state index contributed by atoms with van der Waals surface area (Å²) in [6.07, 6.45) is 1.64. The molecule has 1 unspecified atom stereocenters. The van der Waals surface area contributed by atoms with Crippen LogP contribution in [0.5, 0.6) is 0 Å². The van der Waals surface area contributed by atoms with Gasteiger partial charge in [0.15, 0.2) is 0 Å². The normalized spacial score (nSPS) is 11.8. The lowest BCUT2D eigenvalue weighted by Crippen LogP contribution is -2.30. The predicted molar refractivity (Wildman–Crippen MR) is 176 cm³/mol. The van der Waals surface area contributed by atoms with Crippen molar-refractivity contribution in [1.29, 1.82) is 0 Å². The molecule has 0 bridgehead atoms. The molecule has 0 fully saturated rings. The molecule has 3 N–H and O–H groups in total. The first-order valence-electron chi connectivity index (χ1n) is 13.2. The van der Waals surface area contributed by atoms with Crippen LogP contribution in [0.2, 0.25) is 5.02 Å². The van der Waals surface area contributed by atoms with E-state index in [1.807, 2.05) is 65.4 Å². The molecule has 214 valence electrons. The minimum atomic E-state index is -0.568. The summed E-state index contributed by atoms with van der Waals surface area (Å²) in [5.41, 5.74) is 3.33. The maximum absolute atomic E-state index is 13.4. The molecule has 9 heteroatoms. The van der Waals surface area contributed by atoms with Crippen molar-refractivity contribution in [3.8, 4) is 0 Å². The number of thiophene rings is 1. The quantitative estimate of drug-likeness (QED) is 0.108. The zero-order valence-corrected chi connectivity index (χ0v) is 25.1. The SMILES string of the molecule is O=C(Nc1cccc(SC(C(=O)Nc2ccc(Cl)cc2)c2ccccc2)c1)/C(=C/c1ccsc1)NC(=O)c1ccccc1. The molecule has 5 rings (SSSR count). The van der Waals surface area contributed by atoms with Crippen LogP contribution in [0.1, 0.15) is 26.7 Å². The summed E-state index contributed by atoms with van der Waals surface area (Å²) in [6.45, 7) is 0. The first-order valence-corrected chi connectivity index (χ1v) is 15.4. The molecule has 0 radical (unpaired) electrons.